The van der Waals surface area contributed by atoms with Crippen LogP contribution in [-0.4, -0.2) is 17.1 Å². The number of ether oxygens (including phenoxy) is 1. The lowest BCUT2D eigenvalue weighted by molar-refractivity contribution is 0.0248. The summed E-state index contributed by atoms with van der Waals surface area (Å²) in [6.45, 7) is 4.58. The minimum Gasteiger partial charge on any atom is -0.459 e. The Kier molecular flexibility index (Phi) is 28.6. The van der Waals surface area contributed by atoms with Crippen molar-refractivity contribution in [3.8, 4) is 0 Å². The van der Waals surface area contributed by atoms with E-state index in [-0.39, 0.29) is 12.1 Å². The van der Waals surface area contributed by atoms with Crippen molar-refractivity contribution in [1.82, 2.24) is 4.98 Å². The van der Waals surface area contributed by atoms with Crippen LogP contribution in [0.4, 0.5) is 0 Å². The first-order chi connectivity index (χ1) is 20.8. The Bertz CT molecular complexity index is 644. The fourth-order valence-corrected chi connectivity index (χ4v) is 6.10. The van der Waals surface area contributed by atoms with E-state index in [0.29, 0.717) is 5.56 Å². The number of carbonyl (C=O) groups is 1. The topological polar surface area (TPSA) is 39.2 Å². The van der Waals surface area contributed by atoms with Gasteiger partial charge in [0.05, 0.1) is 5.56 Å². The minimum absolute atomic E-state index is 0.0558. The summed E-state index contributed by atoms with van der Waals surface area (Å²) in [6.07, 6.45) is 43.9. The van der Waals surface area contributed by atoms with E-state index in [4.69, 9.17) is 4.74 Å². The normalized spacial score (nSPS) is 11.4. The molecule has 1 aromatic heterocycles. The van der Waals surface area contributed by atoms with Crippen LogP contribution in [0.2, 0.25) is 0 Å². The number of hydrogen-bond acceptors (Lipinski definition) is 3. The Labute approximate surface area is 262 Å². The Morgan fingerprint density at radius 2 is 0.786 bits per heavy atom. The number of carbonyl (C=O) groups excluding carboxylic acids is 1. The van der Waals surface area contributed by atoms with Crippen molar-refractivity contribution in [2.24, 2.45) is 0 Å². The summed E-state index contributed by atoms with van der Waals surface area (Å²) in [5, 5.41) is 0. The lowest BCUT2D eigenvalue weighted by Crippen LogP contribution is -2.18. The third-order valence-electron chi connectivity index (χ3n) is 8.95. The van der Waals surface area contributed by atoms with Gasteiger partial charge in [-0.2, -0.15) is 0 Å². The standard InChI is InChI=1S/C39H71NO2/c1-3-5-7-9-11-13-15-17-19-21-23-25-27-29-31-38(42-39(41)37-33-35-40-36-34-37)32-30-28-26-24-22-20-18-16-14-12-10-8-6-4-2/h33-36,38H,3-32H2,1-2H3. The first-order valence-corrected chi connectivity index (χ1v) is 18.9. The highest BCUT2D eigenvalue weighted by Crippen LogP contribution is 2.19. The predicted octanol–water partition coefficient (Wildman–Crippen LogP) is 13.3. The van der Waals surface area contributed by atoms with Crippen LogP contribution in [-0.2, 0) is 4.74 Å². The van der Waals surface area contributed by atoms with Gasteiger partial charge in [0.1, 0.15) is 6.10 Å². The molecule has 0 unspecified atom stereocenters. The molecule has 0 aliphatic carbocycles. The molecule has 0 fully saturated rings. The zero-order valence-corrected chi connectivity index (χ0v) is 28.4. The lowest BCUT2D eigenvalue weighted by Gasteiger charge is -2.18. The molecule has 0 aliphatic heterocycles. The lowest BCUT2D eigenvalue weighted by atomic mass is 10.0. The molecule has 0 saturated heterocycles. The van der Waals surface area contributed by atoms with E-state index in [0.717, 1.165) is 12.8 Å². The van der Waals surface area contributed by atoms with Crippen LogP contribution in [0.3, 0.4) is 0 Å². The molecule has 0 bridgehead atoms. The average molecular weight is 586 g/mol. The van der Waals surface area contributed by atoms with Gasteiger partial charge in [-0.05, 0) is 37.8 Å². The summed E-state index contributed by atoms with van der Waals surface area (Å²) in [6, 6.07) is 3.52. The zero-order chi connectivity index (χ0) is 30.2. The first-order valence-electron chi connectivity index (χ1n) is 18.9. The predicted molar refractivity (Wildman–Crippen MR) is 183 cm³/mol. The Morgan fingerprint density at radius 1 is 0.500 bits per heavy atom. The van der Waals surface area contributed by atoms with E-state index in [9.17, 15) is 4.79 Å². The van der Waals surface area contributed by atoms with Gasteiger partial charge >= 0.3 is 5.97 Å². The van der Waals surface area contributed by atoms with Gasteiger partial charge < -0.3 is 4.74 Å². The molecule has 0 spiro atoms. The van der Waals surface area contributed by atoms with Crippen molar-refractivity contribution in [3.05, 3.63) is 30.1 Å². The van der Waals surface area contributed by atoms with Gasteiger partial charge in [0, 0.05) is 12.4 Å². The van der Waals surface area contributed by atoms with Gasteiger partial charge in [0.15, 0.2) is 0 Å². The number of unbranched alkanes of at least 4 members (excludes halogenated alkanes) is 26. The smallest absolute Gasteiger partial charge is 0.338 e. The molecule has 0 amide bonds. The molecular weight excluding hydrogens is 514 g/mol. The molecule has 0 aromatic carbocycles. The van der Waals surface area contributed by atoms with Crippen molar-refractivity contribution in [2.45, 2.75) is 213 Å². The number of esters is 1. The monoisotopic (exact) mass is 586 g/mol. The third-order valence-corrected chi connectivity index (χ3v) is 8.95. The second-order valence-corrected chi connectivity index (χ2v) is 13.0. The van der Waals surface area contributed by atoms with Gasteiger partial charge in [-0.3, -0.25) is 4.98 Å². The number of hydrogen-bond donors (Lipinski definition) is 0. The van der Waals surface area contributed by atoms with E-state index in [1.807, 2.05) is 0 Å². The quantitative estimate of drug-likeness (QED) is 0.0623. The van der Waals surface area contributed by atoms with Crippen molar-refractivity contribution in [2.75, 3.05) is 0 Å². The summed E-state index contributed by atoms with van der Waals surface area (Å²) < 4.78 is 6.00. The highest BCUT2D eigenvalue weighted by molar-refractivity contribution is 5.89. The van der Waals surface area contributed by atoms with E-state index < -0.39 is 0 Å². The van der Waals surface area contributed by atoms with Crippen LogP contribution in [0.5, 0.6) is 0 Å². The summed E-state index contributed by atoms with van der Waals surface area (Å²) in [5.74, 6) is -0.182. The molecule has 1 heterocycles. The van der Waals surface area contributed by atoms with Crippen molar-refractivity contribution in [1.29, 1.82) is 0 Å². The van der Waals surface area contributed by atoms with Crippen LogP contribution >= 0.6 is 0 Å². The largest absolute Gasteiger partial charge is 0.459 e. The van der Waals surface area contributed by atoms with Crippen LogP contribution < -0.4 is 0 Å². The Balaban J connectivity index is 2.11. The number of nitrogens with zero attached hydrogens (tertiary/aromatic N) is 1. The van der Waals surface area contributed by atoms with Gasteiger partial charge in [-0.15, -0.1) is 0 Å². The maximum Gasteiger partial charge on any atom is 0.338 e. The van der Waals surface area contributed by atoms with Crippen LogP contribution in [0.15, 0.2) is 24.5 Å². The molecule has 3 nitrogen and oxygen atoms in total. The molecule has 0 N–H and O–H groups in total. The van der Waals surface area contributed by atoms with Gasteiger partial charge in [-0.1, -0.05) is 181 Å². The maximum absolute atomic E-state index is 12.7. The third kappa shape index (κ3) is 25.1. The van der Waals surface area contributed by atoms with Crippen molar-refractivity contribution >= 4 is 5.97 Å². The van der Waals surface area contributed by atoms with Gasteiger partial charge in [-0.25, -0.2) is 4.79 Å². The first kappa shape index (κ1) is 38.6. The molecule has 42 heavy (non-hydrogen) atoms. The highest BCUT2D eigenvalue weighted by atomic mass is 16.5. The fraction of sp³-hybridized carbons (Fsp3) is 0.846. The highest BCUT2D eigenvalue weighted by Gasteiger charge is 2.15. The van der Waals surface area contributed by atoms with Gasteiger partial charge in [0.2, 0.25) is 0 Å². The summed E-state index contributed by atoms with van der Waals surface area (Å²) in [7, 11) is 0. The molecule has 1 aromatic rings. The summed E-state index contributed by atoms with van der Waals surface area (Å²) in [5.41, 5.74) is 0.622. The average Bonchev–Trinajstić information content (AvgIpc) is 3.01. The number of aromatic nitrogens is 1. The molecule has 0 atom stereocenters. The molecule has 3 heteroatoms. The maximum atomic E-state index is 12.7. The van der Waals surface area contributed by atoms with Gasteiger partial charge in [0.25, 0.3) is 0 Å². The minimum atomic E-state index is -0.182. The molecule has 0 radical (unpaired) electrons. The number of rotatable bonds is 32. The van der Waals surface area contributed by atoms with E-state index in [2.05, 4.69) is 18.8 Å². The van der Waals surface area contributed by atoms with E-state index in [1.54, 1.807) is 24.5 Å². The van der Waals surface area contributed by atoms with Crippen LogP contribution in [0.25, 0.3) is 0 Å². The second-order valence-electron chi connectivity index (χ2n) is 13.0. The molecule has 1 rings (SSSR count). The number of pyridine rings is 1. The summed E-state index contributed by atoms with van der Waals surface area (Å²) in [4.78, 5) is 16.7. The summed E-state index contributed by atoms with van der Waals surface area (Å²) >= 11 is 0. The SMILES string of the molecule is CCCCCCCCCCCCCCCCC(CCCCCCCCCCCCCCCC)OC(=O)c1ccncc1. The zero-order valence-electron chi connectivity index (χ0n) is 28.4. The van der Waals surface area contributed by atoms with Crippen molar-refractivity contribution < 1.29 is 9.53 Å². The van der Waals surface area contributed by atoms with Crippen LogP contribution in [0, 0.1) is 0 Å². The fourth-order valence-electron chi connectivity index (χ4n) is 6.10. The molecule has 244 valence electrons. The Hall–Kier alpha value is -1.38. The Morgan fingerprint density at radius 3 is 1.10 bits per heavy atom. The van der Waals surface area contributed by atoms with Crippen LogP contribution in [0.1, 0.15) is 217 Å². The van der Waals surface area contributed by atoms with E-state index >= 15 is 0 Å². The van der Waals surface area contributed by atoms with Crippen molar-refractivity contribution in [3.63, 3.8) is 0 Å². The molecule has 0 saturated carbocycles. The molecular formula is C39H71NO2. The molecule has 0 aliphatic rings. The second kappa shape index (κ2) is 31.1. The van der Waals surface area contributed by atoms with E-state index in [1.165, 1.54) is 180 Å².